The van der Waals surface area contributed by atoms with E-state index >= 15 is 0 Å². The Balaban J connectivity index is 2.62. The molecular weight excluding hydrogens is 199 g/mol. The standard InChI is InChI=1S/C10H13FN2O2/c1-13(2)10(14)6-15-9-4-3-7(11)5-8(9)12/h3-5H,6,12H2,1-2H3. The van der Waals surface area contributed by atoms with Crippen molar-refractivity contribution in [3.8, 4) is 5.75 Å². The Kier molecular flexibility index (Phi) is 3.49. The molecule has 5 heteroatoms. The van der Waals surface area contributed by atoms with Gasteiger partial charge in [-0.05, 0) is 12.1 Å². The number of rotatable bonds is 3. The third-order valence-corrected chi connectivity index (χ3v) is 1.82. The van der Waals surface area contributed by atoms with Crippen molar-refractivity contribution in [1.82, 2.24) is 4.90 Å². The van der Waals surface area contributed by atoms with E-state index in [9.17, 15) is 9.18 Å². The third kappa shape index (κ3) is 3.12. The molecule has 0 bridgehead atoms. The van der Waals surface area contributed by atoms with E-state index in [4.69, 9.17) is 10.5 Å². The zero-order chi connectivity index (χ0) is 11.4. The minimum atomic E-state index is -0.432. The summed E-state index contributed by atoms with van der Waals surface area (Å²) in [7, 11) is 3.25. The Morgan fingerprint density at radius 2 is 2.20 bits per heavy atom. The third-order valence-electron chi connectivity index (χ3n) is 1.82. The van der Waals surface area contributed by atoms with Crippen LogP contribution in [0, 0.1) is 5.82 Å². The van der Waals surface area contributed by atoms with Gasteiger partial charge in [0.1, 0.15) is 11.6 Å². The summed E-state index contributed by atoms with van der Waals surface area (Å²) < 4.78 is 17.8. The molecule has 1 amide bonds. The first-order valence-corrected chi connectivity index (χ1v) is 4.38. The number of ether oxygens (including phenoxy) is 1. The second-order valence-corrected chi connectivity index (χ2v) is 3.26. The van der Waals surface area contributed by atoms with Gasteiger partial charge in [-0.2, -0.15) is 0 Å². The van der Waals surface area contributed by atoms with Crippen molar-refractivity contribution in [1.29, 1.82) is 0 Å². The van der Waals surface area contributed by atoms with E-state index in [-0.39, 0.29) is 18.2 Å². The van der Waals surface area contributed by atoms with Crippen molar-refractivity contribution in [2.24, 2.45) is 0 Å². The van der Waals surface area contributed by atoms with Crippen molar-refractivity contribution < 1.29 is 13.9 Å². The van der Waals surface area contributed by atoms with Crippen LogP contribution >= 0.6 is 0 Å². The van der Waals surface area contributed by atoms with Gasteiger partial charge in [-0.15, -0.1) is 0 Å². The summed E-state index contributed by atoms with van der Waals surface area (Å²) >= 11 is 0. The number of carbonyl (C=O) groups is 1. The summed E-state index contributed by atoms with van der Waals surface area (Å²) in [6.07, 6.45) is 0. The Hall–Kier alpha value is -1.78. The van der Waals surface area contributed by atoms with Gasteiger partial charge >= 0.3 is 0 Å². The summed E-state index contributed by atoms with van der Waals surface area (Å²) in [5.41, 5.74) is 5.68. The fourth-order valence-electron chi connectivity index (χ4n) is 0.919. The maximum absolute atomic E-state index is 12.7. The van der Waals surface area contributed by atoms with Crippen LogP contribution in [0.15, 0.2) is 18.2 Å². The highest BCUT2D eigenvalue weighted by atomic mass is 19.1. The van der Waals surface area contributed by atoms with Gasteiger partial charge in [-0.3, -0.25) is 4.79 Å². The van der Waals surface area contributed by atoms with E-state index in [1.54, 1.807) is 14.1 Å². The fraction of sp³-hybridized carbons (Fsp3) is 0.300. The quantitative estimate of drug-likeness (QED) is 0.756. The molecule has 2 N–H and O–H groups in total. The second-order valence-electron chi connectivity index (χ2n) is 3.26. The highest BCUT2D eigenvalue weighted by molar-refractivity contribution is 5.77. The molecule has 0 aromatic heterocycles. The normalized spacial score (nSPS) is 9.80. The number of nitrogens with two attached hydrogens (primary N) is 1. The Morgan fingerprint density at radius 3 is 2.73 bits per heavy atom. The number of benzene rings is 1. The van der Waals surface area contributed by atoms with Gasteiger partial charge in [0.15, 0.2) is 6.61 Å². The average Bonchev–Trinajstić information content (AvgIpc) is 2.15. The monoisotopic (exact) mass is 212 g/mol. The summed E-state index contributed by atoms with van der Waals surface area (Å²) in [6.45, 7) is -0.108. The molecule has 1 rings (SSSR count). The van der Waals surface area contributed by atoms with Crippen LogP contribution in [0.2, 0.25) is 0 Å². The van der Waals surface area contributed by atoms with Crippen molar-refractivity contribution in [3.05, 3.63) is 24.0 Å². The molecule has 0 aliphatic rings. The molecule has 0 saturated carbocycles. The highest BCUT2D eigenvalue weighted by Gasteiger charge is 2.07. The Bertz CT molecular complexity index is 366. The molecule has 1 aromatic carbocycles. The number of nitrogen functional groups attached to an aromatic ring is 1. The zero-order valence-corrected chi connectivity index (χ0v) is 8.66. The lowest BCUT2D eigenvalue weighted by atomic mass is 10.3. The Labute approximate surface area is 87.4 Å². The molecule has 1 aromatic rings. The minimum Gasteiger partial charge on any atom is -0.482 e. The molecule has 0 aliphatic heterocycles. The molecule has 15 heavy (non-hydrogen) atoms. The Morgan fingerprint density at radius 1 is 1.53 bits per heavy atom. The molecular formula is C10H13FN2O2. The predicted molar refractivity (Wildman–Crippen MR) is 55.0 cm³/mol. The largest absolute Gasteiger partial charge is 0.482 e. The first kappa shape index (κ1) is 11.3. The van der Waals surface area contributed by atoms with Gasteiger partial charge in [0, 0.05) is 20.2 Å². The molecule has 0 saturated heterocycles. The van der Waals surface area contributed by atoms with Crippen LogP contribution in [0.25, 0.3) is 0 Å². The summed E-state index contributed by atoms with van der Waals surface area (Å²) in [6, 6.07) is 3.77. The number of hydrogen-bond donors (Lipinski definition) is 1. The van der Waals surface area contributed by atoms with E-state index in [1.165, 1.54) is 17.0 Å². The van der Waals surface area contributed by atoms with E-state index in [0.717, 1.165) is 6.07 Å². The van der Waals surface area contributed by atoms with Crippen LogP contribution in [-0.4, -0.2) is 31.5 Å². The summed E-state index contributed by atoms with van der Waals surface area (Å²) in [5, 5.41) is 0. The SMILES string of the molecule is CN(C)C(=O)COc1ccc(F)cc1N. The van der Waals surface area contributed by atoms with Crippen molar-refractivity contribution in [2.45, 2.75) is 0 Å². The number of anilines is 1. The number of likely N-dealkylation sites (N-methyl/N-ethyl adjacent to an activating group) is 1. The molecule has 4 nitrogen and oxygen atoms in total. The van der Waals surface area contributed by atoms with E-state index in [0.29, 0.717) is 5.75 Å². The van der Waals surface area contributed by atoms with Crippen LogP contribution in [-0.2, 0) is 4.79 Å². The van der Waals surface area contributed by atoms with E-state index in [1.807, 2.05) is 0 Å². The van der Waals surface area contributed by atoms with Crippen LogP contribution in [0.4, 0.5) is 10.1 Å². The molecule has 0 radical (unpaired) electrons. The molecule has 0 unspecified atom stereocenters. The van der Waals surface area contributed by atoms with Crippen LogP contribution < -0.4 is 10.5 Å². The zero-order valence-electron chi connectivity index (χ0n) is 8.66. The van der Waals surface area contributed by atoms with Crippen LogP contribution in [0.3, 0.4) is 0 Å². The maximum atomic E-state index is 12.7. The fourth-order valence-corrected chi connectivity index (χ4v) is 0.919. The average molecular weight is 212 g/mol. The van der Waals surface area contributed by atoms with Crippen LogP contribution in [0.1, 0.15) is 0 Å². The van der Waals surface area contributed by atoms with Crippen molar-refractivity contribution in [3.63, 3.8) is 0 Å². The molecule has 0 atom stereocenters. The van der Waals surface area contributed by atoms with Crippen molar-refractivity contribution in [2.75, 3.05) is 26.4 Å². The number of halogens is 1. The molecule has 0 heterocycles. The topological polar surface area (TPSA) is 55.6 Å². The van der Waals surface area contributed by atoms with E-state index in [2.05, 4.69) is 0 Å². The van der Waals surface area contributed by atoms with Gasteiger partial charge in [-0.1, -0.05) is 0 Å². The van der Waals surface area contributed by atoms with Crippen LogP contribution in [0.5, 0.6) is 5.75 Å². The van der Waals surface area contributed by atoms with Gasteiger partial charge in [-0.25, -0.2) is 4.39 Å². The first-order valence-electron chi connectivity index (χ1n) is 4.38. The minimum absolute atomic E-state index is 0.108. The molecule has 0 aliphatic carbocycles. The number of amides is 1. The predicted octanol–water partition coefficient (Wildman–Crippen LogP) is 0.875. The van der Waals surface area contributed by atoms with Crippen molar-refractivity contribution >= 4 is 11.6 Å². The number of nitrogens with zero attached hydrogens (tertiary/aromatic N) is 1. The lowest BCUT2D eigenvalue weighted by Gasteiger charge is -2.12. The molecule has 0 fully saturated rings. The summed E-state index contributed by atoms with van der Waals surface area (Å²) in [4.78, 5) is 12.6. The van der Waals surface area contributed by atoms with E-state index < -0.39 is 5.82 Å². The maximum Gasteiger partial charge on any atom is 0.259 e. The molecule has 0 spiro atoms. The molecule has 82 valence electrons. The van der Waals surface area contributed by atoms with Gasteiger partial charge in [0.05, 0.1) is 5.69 Å². The number of carbonyl (C=O) groups excluding carboxylic acids is 1. The lowest BCUT2D eigenvalue weighted by Crippen LogP contribution is -2.27. The lowest BCUT2D eigenvalue weighted by molar-refractivity contribution is -0.130. The second kappa shape index (κ2) is 4.63. The van der Waals surface area contributed by atoms with Gasteiger partial charge < -0.3 is 15.4 Å². The summed E-state index contributed by atoms with van der Waals surface area (Å²) in [5.74, 6) is -0.302. The van der Waals surface area contributed by atoms with Gasteiger partial charge in [0.2, 0.25) is 0 Å². The smallest absolute Gasteiger partial charge is 0.259 e. The first-order chi connectivity index (χ1) is 7.00. The highest BCUT2D eigenvalue weighted by Crippen LogP contribution is 2.21. The van der Waals surface area contributed by atoms with Gasteiger partial charge in [0.25, 0.3) is 5.91 Å². The number of hydrogen-bond acceptors (Lipinski definition) is 3.